The number of rotatable bonds is 8. The minimum absolute atomic E-state index is 0.0291. The second-order valence-electron chi connectivity index (χ2n) is 7.87. The molecule has 0 spiro atoms. The molecule has 2 N–H and O–H groups in total. The lowest BCUT2D eigenvalue weighted by Crippen LogP contribution is -2.16. The number of nitrogens with one attached hydrogen (secondary N) is 2. The van der Waals surface area contributed by atoms with E-state index in [1.807, 2.05) is 49.4 Å². The Kier molecular flexibility index (Phi) is 7.80. The van der Waals surface area contributed by atoms with E-state index in [-0.39, 0.29) is 15.5 Å². The Balaban J connectivity index is 1.44. The van der Waals surface area contributed by atoms with Crippen molar-refractivity contribution < 1.29 is 13.2 Å². The lowest BCUT2D eigenvalue weighted by atomic mass is 10.2. The van der Waals surface area contributed by atoms with E-state index >= 15 is 0 Å². The van der Waals surface area contributed by atoms with Crippen molar-refractivity contribution in [1.82, 2.24) is 0 Å². The fraction of sp³-hybridized carbons (Fsp3) is 0.0741. The highest BCUT2D eigenvalue weighted by Gasteiger charge is 2.20. The molecule has 0 heterocycles. The molecule has 0 aliphatic rings. The van der Waals surface area contributed by atoms with Gasteiger partial charge in [-0.15, -0.1) is 11.8 Å². The molecule has 178 valence electrons. The predicted octanol–water partition coefficient (Wildman–Crippen LogP) is 6.99. The summed E-state index contributed by atoms with van der Waals surface area (Å²) in [5.74, 6) is 0.379. The topological polar surface area (TPSA) is 75.3 Å². The van der Waals surface area contributed by atoms with Crippen molar-refractivity contribution in [2.24, 2.45) is 0 Å². The molecule has 5 nitrogen and oxygen atoms in total. The van der Waals surface area contributed by atoms with E-state index in [1.165, 1.54) is 23.1 Å². The molecule has 0 saturated carbocycles. The molecule has 0 atom stereocenters. The smallest absolute Gasteiger partial charge is 0.263 e. The van der Waals surface area contributed by atoms with Crippen molar-refractivity contribution in [3.8, 4) is 0 Å². The quantitative estimate of drug-likeness (QED) is 0.244. The number of aryl methyl sites for hydroxylation is 1. The first kappa shape index (κ1) is 24.9. The van der Waals surface area contributed by atoms with Crippen molar-refractivity contribution in [3.05, 3.63) is 119 Å². The Morgan fingerprint density at radius 2 is 1.51 bits per heavy atom. The highest BCUT2D eigenvalue weighted by atomic mass is 35.5. The van der Waals surface area contributed by atoms with Gasteiger partial charge in [0.25, 0.3) is 15.9 Å². The molecule has 0 bridgehead atoms. The van der Waals surface area contributed by atoms with Crippen LogP contribution >= 0.6 is 23.4 Å². The normalized spacial score (nSPS) is 11.1. The Morgan fingerprint density at radius 1 is 0.857 bits per heavy atom. The van der Waals surface area contributed by atoms with Gasteiger partial charge < -0.3 is 5.32 Å². The number of anilines is 2. The largest absolute Gasteiger partial charge is 0.322 e. The van der Waals surface area contributed by atoms with Crippen LogP contribution in [0.2, 0.25) is 5.02 Å². The third-order valence-electron chi connectivity index (χ3n) is 5.15. The van der Waals surface area contributed by atoms with Gasteiger partial charge in [-0.1, -0.05) is 59.6 Å². The molecule has 4 aromatic rings. The molecule has 0 radical (unpaired) electrons. The molecule has 0 aliphatic heterocycles. The number of hydrogen-bond acceptors (Lipinski definition) is 4. The lowest BCUT2D eigenvalue weighted by molar-refractivity contribution is 0.102. The maximum Gasteiger partial charge on any atom is 0.263 e. The molecule has 8 heteroatoms. The average Bonchev–Trinajstić information content (AvgIpc) is 2.85. The Labute approximate surface area is 214 Å². The van der Waals surface area contributed by atoms with E-state index < -0.39 is 15.9 Å². The number of carbonyl (C=O) groups is 1. The Hall–Kier alpha value is -3.26. The van der Waals surface area contributed by atoms with E-state index in [1.54, 1.807) is 36.0 Å². The number of benzene rings is 4. The van der Waals surface area contributed by atoms with Crippen molar-refractivity contribution in [3.63, 3.8) is 0 Å². The zero-order valence-electron chi connectivity index (χ0n) is 18.9. The van der Waals surface area contributed by atoms with Gasteiger partial charge in [-0.3, -0.25) is 9.52 Å². The van der Waals surface area contributed by atoms with Crippen LogP contribution in [0.5, 0.6) is 0 Å². The van der Waals surface area contributed by atoms with Crippen LogP contribution in [0.15, 0.2) is 107 Å². The van der Waals surface area contributed by atoms with E-state index in [0.717, 1.165) is 16.9 Å². The number of sulfonamides is 1. The van der Waals surface area contributed by atoms with Gasteiger partial charge in [0.1, 0.15) is 4.90 Å². The van der Waals surface area contributed by atoms with Crippen LogP contribution in [0.1, 0.15) is 21.5 Å². The summed E-state index contributed by atoms with van der Waals surface area (Å²) in [6.07, 6.45) is 0. The average molecular weight is 523 g/mol. The van der Waals surface area contributed by atoms with Crippen LogP contribution in [-0.4, -0.2) is 14.3 Å². The Morgan fingerprint density at radius 3 is 2.20 bits per heavy atom. The fourth-order valence-corrected chi connectivity index (χ4v) is 5.71. The number of halogens is 1. The second-order valence-corrected chi connectivity index (χ2v) is 11.0. The molecule has 0 fully saturated rings. The number of hydrogen-bond donors (Lipinski definition) is 2. The number of amides is 1. The van der Waals surface area contributed by atoms with Crippen LogP contribution in [0.3, 0.4) is 0 Å². The first-order chi connectivity index (χ1) is 16.8. The minimum Gasteiger partial charge on any atom is -0.322 e. The third kappa shape index (κ3) is 6.66. The Bertz CT molecular complexity index is 1420. The van der Waals surface area contributed by atoms with Gasteiger partial charge in [0.05, 0.1) is 5.02 Å². The summed E-state index contributed by atoms with van der Waals surface area (Å²) in [4.78, 5) is 13.8. The number of carbonyl (C=O) groups excluding carboxylic acids is 1. The van der Waals surface area contributed by atoms with Gasteiger partial charge in [0, 0.05) is 27.6 Å². The lowest BCUT2D eigenvalue weighted by Gasteiger charge is -2.12. The molecule has 0 aliphatic carbocycles. The van der Waals surface area contributed by atoms with Crippen molar-refractivity contribution >= 4 is 50.7 Å². The van der Waals surface area contributed by atoms with Crippen molar-refractivity contribution in [2.75, 3.05) is 10.0 Å². The summed E-state index contributed by atoms with van der Waals surface area (Å²) < 4.78 is 28.3. The van der Waals surface area contributed by atoms with Gasteiger partial charge in [-0.2, -0.15) is 0 Å². The van der Waals surface area contributed by atoms with Crippen LogP contribution in [0.25, 0.3) is 0 Å². The third-order valence-corrected chi connectivity index (χ3v) is 8.09. The second kappa shape index (κ2) is 11.0. The minimum atomic E-state index is -3.98. The predicted molar refractivity (Wildman–Crippen MR) is 144 cm³/mol. The molecule has 0 unspecified atom stereocenters. The highest BCUT2D eigenvalue weighted by molar-refractivity contribution is 7.98. The number of thioether (sulfide) groups is 1. The van der Waals surface area contributed by atoms with Gasteiger partial charge in [-0.25, -0.2) is 8.42 Å². The van der Waals surface area contributed by atoms with Crippen molar-refractivity contribution in [1.29, 1.82) is 0 Å². The van der Waals surface area contributed by atoms with Gasteiger partial charge in [0.2, 0.25) is 0 Å². The molecular weight excluding hydrogens is 500 g/mol. The molecule has 0 aromatic heterocycles. The van der Waals surface area contributed by atoms with Crippen LogP contribution in [-0.2, 0) is 15.8 Å². The molecule has 35 heavy (non-hydrogen) atoms. The summed E-state index contributed by atoms with van der Waals surface area (Å²) >= 11 is 7.91. The van der Waals surface area contributed by atoms with E-state index in [0.29, 0.717) is 11.4 Å². The summed E-state index contributed by atoms with van der Waals surface area (Å²) in [5.41, 5.74) is 3.33. The zero-order chi connectivity index (χ0) is 24.8. The van der Waals surface area contributed by atoms with Crippen LogP contribution in [0, 0.1) is 6.92 Å². The molecule has 4 rings (SSSR count). The van der Waals surface area contributed by atoms with Crippen molar-refractivity contribution in [2.45, 2.75) is 22.5 Å². The summed E-state index contributed by atoms with van der Waals surface area (Å²) in [6, 6.07) is 28.8. The standard InChI is InChI=1S/C27H23ClN2O3S2/c1-19-7-12-23(13-8-19)30-35(32,33)26-17-21(11-16-25(26)28)27(31)29-22-14-9-20(10-15-22)18-34-24-5-3-2-4-6-24/h2-17,30H,18H2,1H3,(H,29,31). The van der Waals surface area contributed by atoms with Gasteiger partial charge in [0.15, 0.2) is 0 Å². The summed E-state index contributed by atoms with van der Waals surface area (Å²) in [7, 11) is -3.98. The monoisotopic (exact) mass is 522 g/mol. The molecule has 0 saturated heterocycles. The molecule has 4 aromatic carbocycles. The van der Waals surface area contributed by atoms with Gasteiger partial charge in [-0.05, 0) is 67.1 Å². The zero-order valence-corrected chi connectivity index (χ0v) is 21.3. The van der Waals surface area contributed by atoms with E-state index in [2.05, 4.69) is 22.2 Å². The SMILES string of the molecule is Cc1ccc(NS(=O)(=O)c2cc(C(=O)Nc3ccc(CSc4ccccc4)cc3)ccc2Cl)cc1. The van der Waals surface area contributed by atoms with Gasteiger partial charge >= 0.3 is 0 Å². The summed E-state index contributed by atoms with van der Waals surface area (Å²) in [6.45, 7) is 1.91. The summed E-state index contributed by atoms with van der Waals surface area (Å²) in [5, 5.41) is 2.84. The first-order valence-corrected chi connectivity index (χ1v) is 13.6. The maximum absolute atomic E-state index is 12.9. The fourth-order valence-electron chi connectivity index (χ4n) is 3.25. The molecule has 1 amide bonds. The maximum atomic E-state index is 12.9. The van der Waals surface area contributed by atoms with Crippen LogP contribution in [0.4, 0.5) is 11.4 Å². The highest BCUT2D eigenvalue weighted by Crippen LogP contribution is 2.26. The van der Waals surface area contributed by atoms with Crippen LogP contribution < -0.4 is 10.0 Å². The van der Waals surface area contributed by atoms with E-state index in [4.69, 9.17) is 11.6 Å². The van der Waals surface area contributed by atoms with E-state index in [9.17, 15) is 13.2 Å². The molecular formula is C27H23ClN2O3S2. The first-order valence-electron chi connectivity index (χ1n) is 10.8.